The highest BCUT2D eigenvalue weighted by molar-refractivity contribution is 5.99. The van der Waals surface area contributed by atoms with Gasteiger partial charge in [0.15, 0.2) is 0 Å². The van der Waals surface area contributed by atoms with Gasteiger partial charge in [0.1, 0.15) is 18.7 Å². The topological polar surface area (TPSA) is 96.9 Å². The maximum absolute atomic E-state index is 13.3. The first-order valence-corrected chi connectivity index (χ1v) is 12.2. The van der Waals surface area contributed by atoms with Crippen molar-refractivity contribution in [3.05, 3.63) is 48.0 Å². The number of carbonyl (C=O) groups is 2. The van der Waals surface area contributed by atoms with Gasteiger partial charge >= 0.3 is 0 Å². The van der Waals surface area contributed by atoms with Crippen molar-refractivity contribution in [1.82, 2.24) is 19.8 Å². The molecule has 0 saturated heterocycles. The van der Waals surface area contributed by atoms with E-state index in [2.05, 4.69) is 34.0 Å². The molecule has 1 fully saturated rings. The third kappa shape index (κ3) is 6.35. The number of ether oxygens (including phenoxy) is 2. The van der Waals surface area contributed by atoms with Gasteiger partial charge in [-0.15, -0.1) is 0 Å². The molecule has 1 aromatic heterocycles. The molecule has 0 bridgehead atoms. The van der Waals surface area contributed by atoms with Gasteiger partial charge in [0.25, 0.3) is 5.91 Å². The van der Waals surface area contributed by atoms with Crippen LogP contribution in [0, 0.1) is 11.8 Å². The van der Waals surface area contributed by atoms with Crippen molar-refractivity contribution in [1.29, 1.82) is 0 Å². The second-order valence-electron chi connectivity index (χ2n) is 9.75. The fourth-order valence-corrected chi connectivity index (χ4v) is 4.38. The van der Waals surface area contributed by atoms with Crippen LogP contribution in [0.1, 0.15) is 42.6 Å². The average Bonchev–Trinajstić information content (AvgIpc) is 3.71. The molecule has 9 heteroatoms. The Hall–Kier alpha value is -3.04. The van der Waals surface area contributed by atoms with Crippen LogP contribution >= 0.6 is 0 Å². The summed E-state index contributed by atoms with van der Waals surface area (Å²) in [5.41, 5.74) is 2.12. The van der Waals surface area contributed by atoms with Gasteiger partial charge in [-0.05, 0) is 37.8 Å². The summed E-state index contributed by atoms with van der Waals surface area (Å²) in [5, 5.41) is 2.95. The van der Waals surface area contributed by atoms with E-state index in [0.717, 1.165) is 24.9 Å². The Morgan fingerprint density at radius 3 is 2.63 bits per heavy atom. The summed E-state index contributed by atoms with van der Waals surface area (Å²) >= 11 is 0. The number of rotatable bonds is 5. The van der Waals surface area contributed by atoms with Gasteiger partial charge in [-0.3, -0.25) is 14.5 Å². The first-order chi connectivity index (χ1) is 16.9. The van der Waals surface area contributed by atoms with Crippen molar-refractivity contribution in [2.45, 2.75) is 45.4 Å². The number of amides is 2. The van der Waals surface area contributed by atoms with E-state index < -0.39 is 0 Å². The molecule has 1 aliphatic heterocycles. The number of nitrogens with one attached hydrogen (secondary N) is 1. The smallest absolute Gasteiger partial charge is 0.257 e. The van der Waals surface area contributed by atoms with Crippen molar-refractivity contribution in [3.63, 3.8) is 0 Å². The lowest BCUT2D eigenvalue weighted by Gasteiger charge is -2.36. The normalized spacial score (nSPS) is 24.1. The largest absolute Gasteiger partial charge is 0.491 e. The lowest BCUT2D eigenvalue weighted by atomic mass is 10.0. The molecule has 1 aliphatic carbocycles. The lowest BCUT2D eigenvalue weighted by Crippen LogP contribution is -2.46. The maximum atomic E-state index is 13.3. The van der Waals surface area contributed by atoms with Gasteiger partial charge < -0.3 is 19.7 Å². The summed E-state index contributed by atoms with van der Waals surface area (Å²) in [6, 6.07) is 5.30. The van der Waals surface area contributed by atoms with E-state index in [1.54, 1.807) is 37.3 Å². The third-order valence-corrected chi connectivity index (χ3v) is 6.79. The minimum Gasteiger partial charge on any atom is -0.491 e. The van der Waals surface area contributed by atoms with Crippen LogP contribution in [0.3, 0.4) is 0 Å². The van der Waals surface area contributed by atoms with Crippen LogP contribution < -0.4 is 10.1 Å². The van der Waals surface area contributed by atoms with E-state index in [1.807, 2.05) is 12.4 Å². The first-order valence-electron chi connectivity index (χ1n) is 12.2. The summed E-state index contributed by atoms with van der Waals surface area (Å²) in [6.07, 6.45) is 6.90. The predicted octanol–water partition coefficient (Wildman–Crippen LogP) is 2.83. The summed E-state index contributed by atoms with van der Waals surface area (Å²) in [6.45, 7) is 6.50. The van der Waals surface area contributed by atoms with Gasteiger partial charge in [0.2, 0.25) is 5.91 Å². The van der Waals surface area contributed by atoms with E-state index in [4.69, 9.17) is 9.47 Å². The molecule has 9 nitrogen and oxygen atoms in total. The van der Waals surface area contributed by atoms with Crippen LogP contribution in [0.5, 0.6) is 5.75 Å². The second-order valence-corrected chi connectivity index (χ2v) is 9.75. The Labute approximate surface area is 206 Å². The maximum Gasteiger partial charge on any atom is 0.257 e. The molecule has 3 atom stereocenters. The van der Waals surface area contributed by atoms with Crippen molar-refractivity contribution >= 4 is 17.5 Å². The zero-order valence-electron chi connectivity index (χ0n) is 20.9. The second kappa shape index (κ2) is 11.1. The Kier molecular flexibility index (Phi) is 7.97. The van der Waals surface area contributed by atoms with E-state index >= 15 is 0 Å². The van der Waals surface area contributed by atoms with Crippen LogP contribution in [-0.2, 0) is 16.1 Å². The number of methoxy groups -OCH3 is 1. The van der Waals surface area contributed by atoms with Crippen molar-refractivity contribution in [2.75, 3.05) is 39.2 Å². The number of hydrogen-bond acceptors (Lipinski definition) is 7. The number of likely N-dealkylation sites (N-methyl/N-ethyl adjacent to an activating group) is 1. The molecule has 0 spiro atoms. The van der Waals surface area contributed by atoms with Crippen molar-refractivity contribution < 1.29 is 19.1 Å². The van der Waals surface area contributed by atoms with Gasteiger partial charge in [-0.1, -0.05) is 6.92 Å². The first kappa shape index (κ1) is 25.1. The van der Waals surface area contributed by atoms with Crippen molar-refractivity contribution in [3.8, 4) is 5.75 Å². The fourth-order valence-electron chi connectivity index (χ4n) is 4.38. The molecular weight excluding hydrogens is 446 g/mol. The van der Waals surface area contributed by atoms with Gasteiger partial charge in [-0.2, -0.15) is 0 Å². The molecule has 2 amide bonds. The Morgan fingerprint density at radius 1 is 1.20 bits per heavy atom. The number of carbonyl (C=O) groups excluding carboxylic acids is 2. The molecule has 1 N–H and O–H groups in total. The fraction of sp³-hybridized carbons (Fsp3) is 0.538. The predicted molar refractivity (Wildman–Crippen MR) is 132 cm³/mol. The zero-order chi connectivity index (χ0) is 24.9. The Balaban J connectivity index is 1.62. The quantitative estimate of drug-likeness (QED) is 0.701. The lowest BCUT2D eigenvalue weighted by molar-refractivity contribution is -0.117. The minimum absolute atomic E-state index is 0.0168. The molecule has 1 saturated carbocycles. The summed E-state index contributed by atoms with van der Waals surface area (Å²) in [7, 11) is 3.47. The average molecular weight is 482 g/mol. The number of aromatic nitrogens is 2. The van der Waals surface area contributed by atoms with E-state index in [-0.39, 0.29) is 35.8 Å². The number of fused-ring (bicyclic) bond motifs is 1. The van der Waals surface area contributed by atoms with Crippen LogP contribution in [0.2, 0.25) is 0 Å². The highest BCUT2D eigenvalue weighted by atomic mass is 16.5. The zero-order valence-corrected chi connectivity index (χ0v) is 20.9. The molecule has 1 aromatic carbocycles. The molecule has 4 rings (SSSR count). The number of benzene rings is 1. The molecule has 0 radical (unpaired) electrons. The van der Waals surface area contributed by atoms with Gasteiger partial charge in [-0.25, -0.2) is 9.97 Å². The molecule has 0 unspecified atom stereocenters. The highest BCUT2D eigenvalue weighted by Gasteiger charge is 2.31. The molecule has 2 aromatic rings. The third-order valence-electron chi connectivity index (χ3n) is 6.79. The molecule has 2 aliphatic rings. The monoisotopic (exact) mass is 481 g/mol. The van der Waals surface area contributed by atoms with Crippen LogP contribution in [0.15, 0.2) is 36.9 Å². The number of anilines is 1. The van der Waals surface area contributed by atoms with Crippen LogP contribution in [0.4, 0.5) is 5.69 Å². The summed E-state index contributed by atoms with van der Waals surface area (Å²) < 4.78 is 12.1. The highest BCUT2D eigenvalue weighted by Crippen LogP contribution is 2.32. The van der Waals surface area contributed by atoms with E-state index in [0.29, 0.717) is 36.7 Å². The molecular formula is C26H35N5O4. The SMILES string of the molecule is CO[C@@H]1CN(C)C(=O)c2ccc(NC(=O)C3CC3)cc2OC[C@H](C)N(Cc2cncnc2)C[C@H]1C. The van der Waals surface area contributed by atoms with Gasteiger partial charge in [0, 0.05) is 75.5 Å². The Morgan fingerprint density at radius 2 is 1.94 bits per heavy atom. The molecule has 2 heterocycles. The van der Waals surface area contributed by atoms with Crippen LogP contribution in [-0.4, -0.2) is 77.6 Å². The number of nitrogens with zero attached hydrogens (tertiary/aromatic N) is 4. The van der Waals surface area contributed by atoms with E-state index in [9.17, 15) is 9.59 Å². The van der Waals surface area contributed by atoms with Gasteiger partial charge in [0.05, 0.1) is 11.7 Å². The molecule has 188 valence electrons. The number of hydrogen-bond donors (Lipinski definition) is 1. The molecule has 35 heavy (non-hydrogen) atoms. The standard InChI is InChI=1S/C26H35N5O4/c1-17-12-31(13-19-10-27-16-28-11-19)18(2)15-35-23-9-21(29-25(32)20-5-6-20)7-8-22(23)26(33)30(3)14-24(17)34-4/h7-11,16-18,20,24H,5-6,12-15H2,1-4H3,(H,29,32)/t17-,18+,24-/m1/s1. The van der Waals surface area contributed by atoms with Crippen molar-refractivity contribution in [2.24, 2.45) is 11.8 Å². The van der Waals surface area contributed by atoms with E-state index in [1.165, 1.54) is 6.33 Å². The van der Waals surface area contributed by atoms with Crippen LogP contribution in [0.25, 0.3) is 0 Å². The summed E-state index contributed by atoms with van der Waals surface area (Å²) in [5.74, 6) is 0.603. The summed E-state index contributed by atoms with van der Waals surface area (Å²) in [4.78, 5) is 37.9. The Bertz CT molecular complexity index is 1030. The minimum atomic E-state index is -0.138.